The maximum absolute atomic E-state index is 13.1. The summed E-state index contributed by atoms with van der Waals surface area (Å²) in [5.74, 6) is 0. The number of benzene rings is 4. The highest BCUT2D eigenvalue weighted by atomic mass is 32.2. The molecule has 31 heavy (non-hydrogen) atoms. The van der Waals surface area contributed by atoms with E-state index in [2.05, 4.69) is 34.0 Å². The Labute approximate surface area is 181 Å². The van der Waals surface area contributed by atoms with Crippen molar-refractivity contribution in [1.29, 1.82) is 0 Å². The number of anilines is 1. The molecule has 0 amide bonds. The van der Waals surface area contributed by atoms with Crippen LogP contribution in [0.5, 0.6) is 0 Å². The van der Waals surface area contributed by atoms with E-state index in [1.54, 1.807) is 30.5 Å². The molecule has 4 aromatic carbocycles. The molecule has 152 valence electrons. The van der Waals surface area contributed by atoms with E-state index >= 15 is 0 Å². The molecule has 1 aromatic heterocycles. The van der Waals surface area contributed by atoms with Gasteiger partial charge in [0.05, 0.1) is 22.3 Å². The molecule has 1 heterocycles. The molecule has 0 radical (unpaired) electrons. The molecule has 0 aliphatic rings. The van der Waals surface area contributed by atoms with Crippen LogP contribution in [0.25, 0.3) is 32.8 Å². The van der Waals surface area contributed by atoms with Gasteiger partial charge in [0.2, 0.25) is 0 Å². The van der Waals surface area contributed by atoms with Crippen LogP contribution in [0.2, 0.25) is 0 Å². The zero-order valence-corrected chi connectivity index (χ0v) is 17.7. The Hall–Kier alpha value is -3.70. The van der Waals surface area contributed by atoms with Crippen LogP contribution in [0.1, 0.15) is 5.56 Å². The van der Waals surface area contributed by atoms with E-state index in [1.165, 1.54) is 0 Å². The first-order chi connectivity index (χ1) is 15.0. The number of sulfonamides is 1. The van der Waals surface area contributed by atoms with Crippen molar-refractivity contribution in [3.05, 3.63) is 103 Å². The van der Waals surface area contributed by atoms with Gasteiger partial charge in [0.15, 0.2) is 0 Å². The van der Waals surface area contributed by atoms with Gasteiger partial charge in [-0.2, -0.15) is 0 Å². The topological polar surface area (TPSA) is 59.1 Å². The summed E-state index contributed by atoms with van der Waals surface area (Å²) < 4.78 is 29.0. The van der Waals surface area contributed by atoms with E-state index < -0.39 is 10.0 Å². The number of aromatic nitrogens is 1. The molecule has 0 atom stereocenters. The summed E-state index contributed by atoms with van der Waals surface area (Å²) in [7, 11) is -3.76. The van der Waals surface area contributed by atoms with Gasteiger partial charge in [-0.3, -0.25) is 9.71 Å². The Morgan fingerprint density at radius 3 is 2.29 bits per heavy atom. The largest absolute Gasteiger partial charge is 0.277 e. The lowest BCUT2D eigenvalue weighted by Crippen LogP contribution is -2.14. The normalized spacial score (nSPS) is 11.6. The molecule has 1 N–H and O–H groups in total. The summed E-state index contributed by atoms with van der Waals surface area (Å²) in [6.45, 7) is 1.93. The van der Waals surface area contributed by atoms with Crippen molar-refractivity contribution in [2.75, 3.05) is 4.72 Å². The van der Waals surface area contributed by atoms with Crippen LogP contribution in [-0.4, -0.2) is 13.4 Å². The Bertz CT molecular complexity index is 1530. The number of rotatable bonds is 4. The van der Waals surface area contributed by atoms with Crippen LogP contribution in [0.3, 0.4) is 0 Å². The first-order valence-corrected chi connectivity index (χ1v) is 11.5. The maximum atomic E-state index is 13.1. The average molecular weight is 425 g/mol. The number of hydrogen-bond donors (Lipinski definition) is 1. The lowest BCUT2D eigenvalue weighted by molar-refractivity contribution is 0.601. The molecule has 0 saturated heterocycles. The second-order valence-electron chi connectivity index (χ2n) is 7.54. The van der Waals surface area contributed by atoms with Crippen molar-refractivity contribution in [1.82, 2.24) is 4.98 Å². The molecule has 0 aliphatic heterocycles. The van der Waals surface area contributed by atoms with Gasteiger partial charge in [-0.25, -0.2) is 8.42 Å². The molecule has 0 spiro atoms. The summed E-state index contributed by atoms with van der Waals surface area (Å²) in [4.78, 5) is 4.71. The number of fused-ring (bicyclic) bond motifs is 2. The van der Waals surface area contributed by atoms with Crippen molar-refractivity contribution in [2.45, 2.75) is 11.8 Å². The lowest BCUT2D eigenvalue weighted by atomic mass is 9.97. The van der Waals surface area contributed by atoms with Gasteiger partial charge in [0.25, 0.3) is 10.0 Å². The third-order valence-electron chi connectivity index (χ3n) is 5.39. The number of hydrogen-bond acceptors (Lipinski definition) is 3. The summed E-state index contributed by atoms with van der Waals surface area (Å²) in [5, 5.41) is 3.11. The van der Waals surface area contributed by atoms with E-state index in [1.807, 2.05) is 49.4 Å². The van der Waals surface area contributed by atoms with Gasteiger partial charge < -0.3 is 0 Å². The van der Waals surface area contributed by atoms with Gasteiger partial charge in [-0.05, 0) is 47.5 Å². The molecular formula is C26H20N2O2S. The zero-order chi connectivity index (χ0) is 21.4. The maximum Gasteiger partial charge on any atom is 0.261 e. The minimum Gasteiger partial charge on any atom is -0.277 e. The minimum absolute atomic E-state index is 0.218. The monoisotopic (exact) mass is 424 g/mol. The molecule has 0 fully saturated rings. The number of aryl methyl sites for hydroxylation is 1. The minimum atomic E-state index is -3.76. The fourth-order valence-electron chi connectivity index (χ4n) is 3.80. The number of pyridine rings is 1. The SMILES string of the molecule is Cc1ccc(S(=O)(=O)Nc2cnc3ccccc3c2-c2ccc3ccccc3c2)cc1. The van der Waals surface area contributed by atoms with Crippen molar-refractivity contribution in [3.63, 3.8) is 0 Å². The first-order valence-electron chi connectivity index (χ1n) is 9.98. The van der Waals surface area contributed by atoms with Gasteiger partial charge in [0.1, 0.15) is 0 Å². The predicted molar refractivity (Wildman–Crippen MR) is 127 cm³/mol. The molecular weight excluding hydrogens is 404 g/mol. The molecule has 5 aromatic rings. The smallest absolute Gasteiger partial charge is 0.261 e. The molecule has 4 nitrogen and oxygen atoms in total. The summed E-state index contributed by atoms with van der Waals surface area (Å²) in [5.41, 5.74) is 4.01. The first kappa shape index (κ1) is 19.3. The molecule has 0 saturated carbocycles. The molecule has 0 aliphatic carbocycles. The Kier molecular flexibility index (Phi) is 4.68. The molecule has 0 bridgehead atoms. The van der Waals surface area contributed by atoms with E-state index in [4.69, 9.17) is 0 Å². The summed E-state index contributed by atoms with van der Waals surface area (Å²) in [6, 6.07) is 28.8. The van der Waals surface area contributed by atoms with Crippen LogP contribution < -0.4 is 4.72 Å². The number of para-hydroxylation sites is 1. The number of nitrogens with one attached hydrogen (secondary N) is 1. The van der Waals surface area contributed by atoms with Gasteiger partial charge in [-0.1, -0.05) is 72.3 Å². The fraction of sp³-hybridized carbons (Fsp3) is 0.0385. The standard InChI is InChI=1S/C26H20N2O2S/c1-18-10-14-22(15-11-18)31(29,30)28-25-17-27-24-9-5-4-8-23(24)26(25)21-13-12-19-6-2-3-7-20(19)16-21/h2-17,28H,1H3. The second kappa shape index (κ2) is 7.52. The Balaban J connectivity index is 1.70. The van der Waals surface area contributed by atoms with Crippen molar-refractivity contribution in [3.8, 4) is 11.1 Å². The van der Waals surface area contributed by atoms with E-state index in [-0.39, 0.29) is 4.90 Å². The lowest BCUT2D eigenvalue weighted by Gasteiger charge is -2.16. The molecule has 5 rings (SSSR count). The Morgan fingerprint density at radius 1 is 0.774 bits per heavy atom. The third-order valence-corrected chi connectivity index (χ3v) is 6.77. The predicted octanol–water partition coefficient (Wildman–Crippen LogP) is 6.16. The van der Waals surface area contributed by atoms with E-state index in [0.717, 1.165) is 38.4 Å². The van der Waals surface area contributed by atoms with Crippen LogP contribution in [0.15, 0.2) is 102 Å². The summed E-state index contributed by atoms with van der Waals surface area (Å²) >= 11 is 0. The zero-order valence-electron chi connectivity index (χ0n) is 16.9. The summed E-state index contributed by atoms with van der Waals surface area (Å²) in [6.07, 6.45) is 1.60. The van der Waals surface area contributed by atoms with Crippen molar-refractivity contribution in [2.24, 2.45) is 0 Å². The quantitative estimate of drug-likeness (QED) is 0.376. The van der Waals surface area contributed by atoms with Crippen LogP contribution in [0.4, 0.5) is 5.69 Å². The van der Waals surface area contributed by atoms with Crippen LogP contribution in [0, 0.1) is 6.92 Å². The van der Waals surface area contributed by atoms with Crippen molar-refractivity contribution >= 4 is 37.4 Å². The van der Waals surface area contributed by atoms with Gasteiger partial charge >= 0.3 is 0 Å². The van der Waals surface area contributed by atoms with Crippen LogP contribution >= 0.6 is 0 Å². The van der Waals surface area contributed by atoms with E-state index in [9.17, 15) is 8.42 Å². The average Bonchev–Trinajstić information content (AvgIpc) is 2.79. The fourth-order valence-corrected chi connectivity index (χ4v) is 4.85. The molecule has 5 heteroatoms. The van der Waals surface area contributed by atoms with E-state index in [0.29, 0.717) is 5.69 Å². The van der Waals surface area contributed by atoms with Crippen LogP contribution in [-0.2, 0) is 10.0 Å². The second-order valence-corrected chi connectivity index (χ2v) is 9.23. The third kappa shape index (κ3) is 3.64. The number of nitrogens with zero attached hydrogens (tertiary/aromatic N) is 1. The highest BCUT2D eigenvalue weighted by Crippen LogP contribution is 2.36. The highest BCUT2D eigenvalue weighted by molar-refractivity contribution is 7.92. The van der Waals surface area contributed by atoms with Gasteiger partial charge in [0, 0.05) is 10.9 Å². The Morgan fingerprint density at radius 2 is 1.48 bits per heavy atom. The molecule has 0 unspecified atom stereocenters. The van der Waals surface area contributed by atoms with Gasteiger partial charge in [-0.15, -0.1) is 0 Å². The van der Waals surface area contributed by atoms with Crippen molar-refractivity contribution < 1.29 is 8.42 Å². The highest BCUT2D eigenvalue weighted by Gasteiger charge is 2.19.